The molecular formula is C14H15BrO2. The molecule has 0 saturated heterocycles. The molecule has 0 spiro atoms. The van der Waals surface area contributed by atoms with Gasteiger partial charge in [0.25, 0.3) is 0 Å². The summed E-state index contributed by atoms with van der Waals surface area (Å²) in [7, 11) is 0. The summed E-state index contributed by atoms with van der Waals surface area (Å²) in [6.07, 6.45) is 3.22. The number of hydrogen-bond acceptors (Lipinski definition) is 1. The Morgan fingerprint density at radius 3 is 2.76 bits per heavy atom. The highest BCUT2D eigenvalue weighted by Gasteiger charge is 2.18. The summed E-state index contributed by atoms with van der Waals surface area (Å²) in [6.45, 7) is 1.91. The molecule has 2 rings (SSSR count). The average Bonchev–Trinajstić information content (AvgIpc) is 2.29. The topological polar surface area (TPSA) is 37.3 Å². The van der Waals surface area contributed by atoms with Crippen molar-refractivity contribution in [3.05, 3.63) is 44.9 Å². The highest BCUT2D eigenvalue weighted by atomic mass is 79.9. The molecule has 0 saturated carbocycles. The van der Waals surface area contributed by atoms with Gasteiger partial charge in [0.1, 0.15) is 0 Å². The number of carboxylic acid groups (broad SMARTS) is 1. The molecule has 0 aromatic heterocycles. The van der Waals surface area contributed by atoms with E-state index in [1.807, 2.05) is 13.0 Å². The van der Waals surface area contributed by atoms with Gasteiger partial charge in [0.05, 0.1) is 0 Å². The molecule has 90 valence electrons. The average molecular weight is 295 g/mol. The molecule has 0 atom stereocenters. The van der Waals surface area contributed by atoms with Crippen molar-refractivity contribution in [3.8, 4) is 0 Å². The lowest BCUT2D eigenvalue weighted by Crippen LogP contribution is -2.12. The van der Waals surface area contributed by atoms with E-state index in [9.17, 15) is 4.79 Å². The van der Waals surface area contributed by atoms with Gasteiger partial charge in [-0.05, 0) is 48.9 Å². The van der Waals surface area contributed by atoms with Crippen molar-refractivity contribution in [2.75, 3.05) is 0 Å². The van der Waals surface area contributed by atoms with Gasteiger partial charge in [-0.3, -0.25) is 0 Å². The molecule has 0 radical (unpaired) electrons. The van der Waals surface area contributed by atoms with Crippen LogP contribution in [0.4, 0.5) is 0 Å². The highest BCUT2D eigenvalue weighted by molar-refractivity contribution is 9.10. The zero-order valence-electron chi connectivity index (χ0n) is 9.79. The Morgan fingerprint density at radius 1 is 1.35 bits per heavy atom. The first-order chi connectivity index (χ1) is 8.11. The van der Waals surface area contributed by atoms with E-state index < -0.39 is 5.97 Å². The molecule has 1 aromatic rings. The Labute approximate surface area is 109 Å². The molecular weight excluding hydrogens is 280 g/mol. The normalized spacial score (nSPS) is 17.5. The van der Waals surface area contributed by atoms with Gasteiger partial charge in [-0.25, -0.2) is 4.79 Å². The lowest BCUT2D eigenvalue weighted by Gasteiger charge is -2.20. The largest absolute Gasteiger partial charge is 0.478 e. The van der Waals surface area contributed by atoms with E-state index in [1.165, 1.54) is 11.1 Å². The first-order valence-electron chi connectivity index (χ1n) is 5.83. The quantitative estimate of drug-likeness (QED) is 0.844. The Hall–Kier alpha value is -1.09. The van der Waals surface area contributed by atoms with Crippen molar-refractivity contribution < 1.29 is 9.90 Å². The minimum atomic E-state index is -0.761. The summed E-state index contributed by atoms with van der Waals surface area (Å²) in [4.78, 5) is 11.1. The number of carboxylic acids is 1. The van der Waals surface area contributed by atoms with Gasteiger partial charge in [0.2, 0.25) is 0 Å². The summed E-state index contributed by atoms with van der Waals surface area (Å²) >= 11 is 3.47. The number of aryl methyl sites for hydroxylation is 1. The first kappa shape index (κ1) is 12.4. The van der Waals surface area contributed by atoms with Gasteiger partial charge in [-0.1, -0.05) is 34.5 Å². The summed E-state index contributed by atoms with van der Waals surface area (Å²) in [5, 5.41) is 9.15. The van der Waals surface area contributed by atoms with Crippen molar-refractivity contribution in [2.45, 2.75) is 32.6 Å². The maximum atomic E-state index is 11.1. The van der Waals surface area contributed by atoms with E-state index in [1.54, 1.807) is 0 Å². The van der Waals surface area contributed by atoms with Gasteiger partial charge in [0, 0.05) is 10.0 Å². The van der Waals surface area contributed by atoms with Crippen molar-refractivity contribution >= 4 is 21.9 Å². The second kappa shape index (κ2) is 5.05. The van der Waals surface area contributed by atoms with Crippen molar-refractivity contribution in [2.24, 2.45) is 0 Å². The molecule has 0 amide bonds. The molecule has 0 bridgehead atoms. The molecule has 3 heteroatoms. The van der Waals surface area contributed by atoms with Crippen LogP contribution in [-0.4, -0.2) is 11.1 Å². The maximum Gasteiger partial charge on any atom is 0.331 e. The predicted molar refractivity (Wildman–Crippen MR) is 71.1 cm³/mol. The van der Waals surface area contributed by atoms with Crippen molar-refractivity contribution in [3.63, 3.8) is 0 Å². The zero-order valence-corrected chi connectivity index (χ0v) is 11.4. The Balaban J connectivity index is 2.36. The van der Waals surface area contributed by atoms with Crippen LogP contribution in [0.5, 0.6) is 0 Å². The monoisotopic (exact) mass is 294 g/mol. The SMILES string of the molecule is CCC(C(=O)O)=C1CCc2cc(Br)ccc2C1. The molecule has 1 aliphatic carbocycles. The Bertz CT molecular complexity index is 489. The third-order valence-electron chi connectivity index (χ3n) is 3.31. The van der Waals surface area contributed by atoms with Gasteiger partial charge in [-0.15, -0.1) is 0 Å². The second-order valence-electron chi connectivity index (χ2n) is 4.33. The van der Waals surface area contributed by atoms with Gasteiger partial charge < -0.3 is 5.11 Å². The highest BCUT2D eigenvalue weighted by Crippen LogP contribution is 2.30. The third kappa shape index (κ3) is 2.60. The van der Waals surface area contributed by atoms with E-state index in [-0.39, 0.29) is 0 Å². The molecule has 17 heavy (non-hydrogen) atoms. The minimum Gasteiger partial charge on any atom is -0.478 e. The first-order valence-corrected chi connectivity index (χ1v) is 6.62. The van der Waals surface area contributed by atoms with Crippen LogP contribution in [0.15, 0.2) is 33.8 Å². The fourth-order valence-corrected chi connectivity index (χ4v) is 2.82. The van der Waals surface area contributed by atoms with E-state index in [4.69, 9.17) is 5.11 Å². The van der Waals surface area contributed by atoms with Crippen LogP contribution in [0.3, 0.4) is 0 Å². The fraction of sp³-hybridized carbons (Fsp3) is 0.357. The second-order valence-corrected chi connectivity index (χ2v) is 5.25. The molecule has 0 heterocycles. The lowest BCUT2D eigenvalue weighted by atomic mass is 9.85. The van der Waals surface area contributed by atoms with E-state index >= 15 is 0 Å². The van der Waals surface area contributed by atoms with E-state index in [2.05, 4.69) is 28.1 Å². The summed E-state index contributed by atoms with van der Waals surface area (Å²) in [6, 6.07) is 6.25. The molecule has 1 aliphatic rings. The van der Waals surface area contributed by atoms with E-state index in [0.717, 1.165) is 29.3 Å². The standard InChI is InChI=1S/C14H15BrO2/c1-2-13(14(16)17)11-4-3-10-8-12(15)6-5-9(10)7-11/h5-6,8H,2-4,7H2,1H3,(H,16,17). The summed E-state index contributed by atoms with van der Waals surface area (Å²) in [5.74, 6) is -0.761. The zero-order chi connectivity index (χ0) is 12.4. The molecule has 0 aliphatic heterocycles. The van der Waals surface area contributed by atoms with Crippen LogP contribution in [0, 0.1) is 0 Å². The number of carbonyl (C=O) groups is 1. The van der Waals surface area contributed by atoms with Crippen molar-refractivity contribution in [1.82, 2.24) is 0 Å². The van der Waals surface area contributed by atoms with Gasteiger partial charge >= 0.3 is 5.97 Å². The summed E-state index contributed by atoms with van der Waals surface area (Å²) in [5.41, 5.74) is 4.29. The van der Waals surface area contributed by atoms with Crippen LogP contribution < -0.4 is 0 Å². The third-order valence-corrected chi connectivity index (χ3v) is 3.80. The van der Waals surface area contributed by atoms with Crippen LogP contribution in [0.2, 0.25) is 0 Å². The molecule has 1 aromatic carbocycles. The van der Waals surface area contributed by atoms with Crippen LogP contribution in [-0.2, 0) is 17.6 Å². The Morgan fingerprint density at radius 2 is 2.12 bits per heavy atom. The van der Waals surface area contributed by atoms with Crippen LogP contribution in [0.25, 0.3) is 0 Å². The predicted octanol–water partition coefficient (Wildman–Crippen LogP) is 3.73. The molecule has 2 nitrogen and oxygen atoms in total. The Kier molecular flexibility index (Phi) is 3.67. The smallest absolute Gasteiger partial charge is 0.331 e. The number of rotatable bonds is 2. The number of benzene rings is 1. The van der Waals surface area contributed by atoms with Gasteiger partial charge in [-0.2, -0.15) is 0 Å². The maximum absolute atomic E-state index is 11.1. The number of allylic oxidation sites excluding steroid dienone is 1. The number of hydrogen-bond donors (Lipinski definition) is 1. The van der Waals surface area contributed by atoms with E-state index in [0.29, 0.717) is 12.0 Å². The lowest BCUT2D eigenvalue weighted by molar-refractivity contribution is -0.132. The fourth-order valence-electron chi connectivity index (χ4n) is 2.41. The van der Waals surface area contributed by atoms with Gasteiger partial charge in [0.15, 0.2) is 0 Å². The van der Waals surface area contributed by atoms with Crippen LogP contribution >= 0.6 is 15.9 Å². The molecule has 0 unspecified atom stereocenters. The van der Waals surface area contributed by atoms with Crippen LogP contribution in [0.1, 0.15) is 30.9 Å². The van der Waals surface area contributed by atoms with Crippen molar-refractivity contribution in [1.29, 1.82) is 0 Å². The summed E-state index contributed by atoms with van der Waals surface area (Å²) < 4.78 is 1.10. The minimum absolute atomic E-state index is 0.596. The number of aliphatic carboxylic acids is 1. The number of fused-ring (bicyclic) bond motifs is 1. The number of halogens is 1. The molecule has 1 N–H and O–H groups in total. The molecule has 0 fully saturated rings.